The van der Waals surface area contributed by atoms with Gasteiger partial charge in [-0.25, -0.2) is 9.18 Å². The van der Waals surface area contributed by atoms with Crippen LogP contribution in [0.25, 0.3) is 0 Å². The number of halogens is 2. The van der Waals surface area contributed by atoms with Gasteiger partial charge in [-0.15, -0.1) is 0 Å². The van der Waals surface area contributed by atoms with Crippen LogP contribution in [0.4, 0.5) is 4.39 Å². The lowest BCUT2D eigenvalue weighted by Crippen LogP contribution is -2.13. The molecule has 0 aliphatic heterocycles. The molecule has 0 N–H and O–H groups in total. The largest absolute Gasteiger partial charge is 0.465 e. The van der Waals surface area contributed by atoms with Gasteiger partial charge in [-0.3, -0.25) is 0 Å². The summed E-state index contributed by atoms with van der Waals surface area (Å²) in [5, 5.41) is -0.197. The van der Waals surface area contributed by atoms with Gasteiger partial charge in [0.25, 0.3) is 0 Å². The van der Waals surface area contributed by atoms with Crippen LogP contribution in [0.2, 0.25) is 5.02 Å². The van der Waals surface area contributed by atoms with Crippen LogP contribution in [0.15, 0.2) is 47.4 Å². The normalized spacial score (nSPS) is 11.0. The highest BCUT2D eigenvalue weighted by molar-refractivity contribution is 7.87. The maximum Gasteiger partial charge on any atom is 0.341 e. The van der Waals surface area contributed by atoms with Gasteiger partial charge < -0.3 is 8.92 Å². The Morgan fingerprint density at radius 2 is 1.86 bits per heavy atom. The van der Waals surface area contributed by atoms with Crippen molar-refractivity contribution in [2.45, 2.75) is 4.90 Å². The second kappa shape index (κ2) is 6.33. The summed E-state index contributed by atoms with van der Waals surface area (Å²) in [7, 11) is -3.26. The zero-order chi connectivity index (χ0) is 16.3. The number of para-hydroxylation sites is 1. The zero-order valence-electron chi connectivity index (χ0n) is 11.2. The summed E-state index contributed by atoms with van der Waals surface area (Å²) in [4.78, 5) is 11.1. The van der Waals surface area contributed by atoms with E-state index in [2.05, 4.69) is 4.74 Å². The van der Waals surface area contributed by atoms with Crippen LogP contribution in [-0.2, 0) is 14.9 Å². The van der Waals surface area contributed by atoms with Crippen LogP contribution in [0.1, 0.15) is 10.4 Å². The van der Waals surface area contributed by atoms with Gasteiger partial charge in [-0.1, -0.05) is 23.7 Å². The van der Waals surface area contributed by atoms with Crippen LogP contribution in [0, 0.1) is 5.82 Å². The minimum Gasteiger partial charge on any atom is -0.465 e. The molecule has 0 spiro atoms. The average Bonchev–Trinajstić information content (AvgIpc) is 2.49. The molecule has 0 radical (unpaired) electrons. The fourth-order valence-electron chi connectivity index (χ4n) is 1.65. The Labute approximate surface area is 131 Å². The Kier molecular flexibility index (Phi) is 4.68. The molecule has 2 aromatic rings. The van der Waals surface area contributed by atoms with Crippen LogP contribution in [0.3, 0.4) is 0 Å². The molecule has 0 aromatic heterocycles. The lowest BCUT2D eigenvalue weighted by atomic mass is 10.2. The van der Waals surface area contributed by atoms with Crippen molar-refractivity contribution in [3.63, 3.8) is 0 Å². The number of benzene rings is 2. The van der Waals surface area contributed by atoms with Crippen molar-refractivity contribution in [3.05, 3.63) is 58.9 Å². The lowest BCUT2D eigenvalue weighted by Gasteiger charge is -2.11. The molecule has 0 atom stereocenters. The van der Waals surface area contributed by atoms with Gasteiger partial charge in [-0.05, 0) is 30.3 Å². The average molecular weight is 345 g/mol. The van der Waals surface area contributed by atoms with Crippen LogP contribution < -0.4 is 4.18 Å². The third-order valence-corrected chi connectivity index (χ3v) is 4.37. The lowest BCUT2D eigenvalue weighted by molar-refractivity contribution is 0.0599. The predicted octanol–water partition coefficient (Wildman–Crippen LogP) is 3.03. The van der Waals surface area contributed by atoms with E-state index in [1.54, 1.807) is 0 Å². The summed E-state index contributed by atoms with van der Waals surface area (Å²) in [6, 6.07) is 8.45. The van der Waals surface area contributed by atoms with Crippen molar-refractivity contribution >= 4 is 27.7 Å². The molecule has 0 saturated heterocycles. The highest BCUT2D eigenvalue weighted by Crippen LogP contribution is 2.28. The molecule has 2 aromatic carbocycles. The first-order valence-corrected chi connectivity index (χ1v) is 7.70. The molecule has 116 valence electrons. The molecule has 0 unspecified atom stereocenters. The first-order chi connectivity index (χ1) is 10.3. The van der Waals surface area contributed by atoms with Crippen LogP contribution in [0.5, 0.6) is 5.75 Å². The maximum atomic E-state index is 13.2. The monoisotopic (exact) mass is 344 g/mol. The number of carbonyl (C=O) groups excluding carboxylic acids is 1. The van der Waals surface area contributed by atoms with Crippen molar-refractivity contribution in [3.8, 4) is 5.75 Å². The van der Waals surface area contributed by atoms with Crippen molar-refractivity contribution in [2.75, 3.05) is 7.11 Å². The third-order valence-electron chi connectivity index (χ3n) is 2.65. The smallest absolute Gasteiger partial charge is 0.341 e. The molecule has 0 aliphatic rings. The molecule has 0 heterocycles. The van der Waals surface area contributed by atoms with Gasteiger partial charge in [0.1, 0.15) is 16.3 Å². The molecule has 2 rings (SSSR count). The highest BCUT2D eigenvalue weighted by atomic mass is 35.5. The minimum absolute atomic E-state index is 0.0823. The van der Waals surface area contributed by atoms with Gasteiger partial charge in [0.05, 0.1) is 12.1 Å². The van der Waals surface area contributed by atoms with E-state index in [0.717, 1.165) is 25.3 Å². The maximum absolute atomic E-state index is 13.2. The first kappa shape index (κ1) is 16.3. The van der Waals surface area contributed by atoms with E-state index in [1.807, 2.05) is 0 Å². The summed E-state index contributed by atoms with van der Waals surface area (Å²) < 4.78 is 47.1. The fraction of sp³-hybridized carbons (Fsp3) is 0.0714. The Balaban J connectivity index is 2.46. The summed E-state index contributed by atoms with van der Waals surface area (Å²) in [5.41, 5.74) is -0.0823. The number of carbonyl (C=O) groups is 1. The van der Waals surface area contributed by atoms with Crippen LogP contribution >= 0.6 is 11.6 Å². The molecule has 0 fully saturated rings. The molecular formula is C14H10ClFO5S. The summed E-state index contributed by atoms with van der Waals surface area (Å²) >= 11 is 5.76. The number of esters is 1. The molecule has 22 heavy (non-hydrogen) atoms. The second-order valence-corrected chi connectivity index (χ2v) is 6.02. The van der Waals surface area contributed by atoms with E-state index in [9.17, 15) is 17.6 Å². The molecular weight excluding hydrogens is 335 g/mol. The van der Waals surface area contributed by atoms with Crippen LogP contribution in [-0.4, -0.2) is 21.5 Å². The molecule has 0 saturated carbocycles. The van der Waals surface area contributed by atoms with Gasteiger partial charge in [0.2, 0.25) is 0 Å². The van der Waals surface area contributed by atoms with E-state index in [-0.39, 0.29) is 16.3 Å². The number of methoxy groups -OCH3 is 1. The van der Waals surface area contributed by atoms with Crippen molar-refractivity contribution in [1.29, 1.82) is 0 Å². The van der Waals surface area contributed by atoms with Crippen molar-refractivity contribution in [2.24, 2.45) is 0 Å². The number of hydrogen-bond acceptors (Lipinski definition) is 5. The van der Waals surface area contributed by atoms with E-state index in [1.165, 1.54) is 24.3 Å². The molecule has 0 amide bonds. The predicted molar refractivity (Wildman–Crippen MR) is 77.0 cm³/mol. The van der Waals surface area contributed by atoms with Gasteiger partial charge in [0, 0.05) is 0 Å². The standard InChI is InChI=1S/C14H10ClFO5S/c1-20-14(17)10-4-2-3-5-12(10)21-22(18,19)13-8-9(16)6-7-11(13)15/h2-8H,1H3. The fourth-order valence-corrected chi connectivity index (χ4v) is 3.09. The summed E-state index contributed by atoms with van der Waals surface area (Å²) in [6.07, 6.45) is 0. The number of rotatable bonds is 4. The van der Waals surface area contributed by atoms with E-state index in [4.69, 9.17) is 15.8 Å². The summed E-state index contributed by atoms with van der Waals surface area (Å²) in [5.74, 6) is -1.79. The zero-order valence-corrected chi connectivity index (χ0v) is 12.8. The van der Waals surface area contributed by atoms with Gasteiger partial charge in [0.15, 0.2) is 5.75 Å². The molecule has 0 aliphatic carbocycles. The first-order valence-electron chi connectivity index (χ1n) is 5.92. The van der Waals surface area contributed by atoms with Crippen molar-refractivity contribution in [1.82, 2.24) is 0 Å². The quantitative estimate of drug-likeness (QED) is 0.630. The number of ether oxygens (including phenoxy) is 1. The van der Waals surface area contributed by atoms with Crippen molar-refractivity contribution < 1.29 is 26.5 Å². The topological polar surface area (TPSA) is 69.7 Å². The Bertz CT molecular complexity index is 820. The van der Waals surface area contributed by atoms with E-state index < -0.39 is 26.8 Å². The second-order valence-electron chi connectivity index (χ2n) is 4.10. The van der Waals surface area contributed by atoms with Gasteiger partial charge in [-0.2, -0.15) is 8.42 Å². The van der Waals surface area contributed by atoms with Gasteiger partial charge >= 0.3 is 16.1 Å². The molecule has 8 heteroatoms. The Morgan fingerprint density at radius 1 is 1.18 bits per heavy atom. The van der Waals surface area contributed by atoms with E-state index >= 15 is 0 Å². The van der Waals surface area contributed by atoms with E-state index in [0.29, 0.717) is 0 Å². The Hall–Kier alpha value is -2.12. The minimum atomic E-state index is -4.41. The SMILES string of the molecule is COC(=O)c1ccccc1OS(=O)(=O)c1cc(F)ccc1Cl. The summed E-state index contributed by atoms with van der Waals surface area (Å²) in [6.45, 7) is 0. The Morgan fingerprint density at radius 3 is 2.55 bits per heavy atom. The molecule has 0 bridgehead atoms. The highest BCUT2D eigenvalue weighted by Gasteiger charge is 2.24. The molecule has 5 nitrogen and oxygen atoms in total. The third kappa shape index (κ3) is 3.37. The number of hydrogen-bond donors (Lipinski definition) is 0.